The highest BCUT2D eigenvalue weighted by molar-refractivity contribution is 5.94. The lowest BCUT2D eigenvalue weighted by Crippen LogP contribution is -2.47. The van der Waals surface area contributed by atoms with Gasteiger partial charge in [0.2, 0.25) is 0 Å². The summed E-state index contributed by atoms with van der Waals surface area (Å²) in [5.41, 5.74) is 1.66. The molecule has 0 N–H and O–H groups in total. The Balaban J connectivity index is 1.17. The van der Waals surface area contributed by atoms with Crippen LogP contribution in [-0.4, -0.2) is 61.5 Å². The molecule has 0 radical (unpaired) electrons. The van der Waals surface area contributed by atoms with E-state index in [0.29, 0.717) is 11.5 Å². The molecule has 2 aliphatic heterocycles. The van der Waals surface area contributed by atoms with Crippen molar-refractivity contribution in [3.63, 3.8) is 0 Å². The van der Waals surface area contributed by atoms with Crippen LogP contribution in [-0.2, 0) is 0 Å². The quantitative estimate of drug-likeness (QED) is 0.741. The van der Waals surface area contributed by atoms with Gasteiger partial charge in [0.1, 0.15) is 11.6 Å². The Bertz CT molecular complexity index is 825. The van der Waals surface area contributed by atoms with Crippen LogP contribution in [0.3, 0.4) is 0 Å². The molecule has 0 atom stereocenters. The SMILES string of the molecule is O=C(c1ccc(F)cc1)N1CCC(CCN2CCN(c3ccc(F)cc3)CC2)CC1. The summed E-state index contributed by atoms with van der Waals surface area (Å²) in [4.78, 5) is 19.3. The second kappa shape index (κ2) is 9.56. The molecule has 160 valence electrons. The van der Waals surface area contributed by atoms with Gasteiger partial charge in [-0.1, -0.05) is 0 Å². The second-order valence-corrected chi connectivity index (χ2v) is 8.34. The van der Waals surface area contributed by atoms with Gasteiger partial charge in [-0.25, -0.2) is 8.78 Å². The molecule has 4 nitrogen and oxygen atoms in total. The first-order valence-corrected chi connectivity index (χ1v) is 10.9. The van der Waals surface area contributed by atoms with Crippen molar-refractivity contribution < 1.29 is 13.6 Å². The van der Waals surface area contributed by atoms with Crippen LogP contribution < -0.4 is 4.90 Å². The number of amides is 1. The summed E-state index contributed by atoms with van der Waals surface area (Å²) in [6.07, 6.45) is 3.22. The fourth-order valence-electron chi connectivity index (χ4n) is 4.45. The lowest BCUT2D eigenvalue weighted by atomic mass is 9.93. The zero-order chi connectivity index (χ0) is 20.9. The molecule has 30 heavy (non-hydrogen) atoms. The van der Waals surface area contributed by atoms with Crippen LogP contribution in [0.25, 0.3) is 0 Å². The Labute approximate surface area is 177 Å². The van der Waals surface area contributed by atoms with E-state index in [2.05, 4.69) is 9.80 Å². The lowest BCUT2D eigenvalue weighted by molar-refractivity contribution is 0.0680. The summed E-state index contributed by atoms with van der Waals surface area (Å²) in [7, 11) is 0. The van der Waals surface area contributed by atoms with E-state index in [1.54, 1.807) is 12.1 Å². The van der Waals surface area contributed by atoms with Crippen LogP contribution in [0.15, 0.2) is 48.5 Å². The van der Waals surface area contributed by atoms with Crippen LogP contribution in [0.1, 0.15) is 29.6 Å². The van der Waals surface area contributed by atoms with Gasteiger partial charge in [0.05, 0.1) is 0 Å². The Morgan fingerprint density at radius 3 is 1.97 bits per heavy atom. The predicted octanol–water partition coefficient (Wildman–Crippen LogP) is 4.03. The average Bonchev–Trinajstić information content (AvgIpc) is 2.79. The molecule has 0 saturated carbocycles. The first kappa shape index (κ1) is 20.8. The fraction of sp³-hybridized carbons (Fsp3) is 0.458. The van der Waals surface area contributed by atoms with Gasteiger partial charge in [-0.15, -0.1) is 0 Å². The van der Waals surface area contributed by atoms with Crippen molar-refractivity contribution in [1.29, 1.82) is 0 Å². The van der Waals surface area contributed by atoms with E-state index >= 15 is 0 Å². The molecule has 0 spiro atoms. The fourth-order valence-corrected chi connectivity index (χ4v) is 4.45. The molecule has 2 aromatic carbocycles. The van der Waals surface area contributed by atoms with Gasteiger partial charge < -0.3 is 9.80 Å². The van der Waals surface area contributed by atoms with Gasteiger partial charge in [-0.05, 0) is 80.3 Å². The topological polar surface area (TPSA) is 26.8 Å². The number of hydrogen-bond donors (Lipinski definition) is 0. The van der Waals surface area contributed by atoms with Crippen LogP contribution >= 0.6 is 0 Å². The third-order valence-corrected chi connectivity index (χ3v) is 6.41. The summed E-state index contributed by atoms with van der Waals surface area (Å²) in [6.45, 7) is 6.64. The van der Waals surface area contributed by atoms with Crippen molar-refractivity contribution in [2.75, 3.05) is 50.7 Å². The van der Waals surface area contributed by atoms with Crippen LogP contribution in [0.2, 0.25) is 0 Å². The molecule has 2 aliphatic rings. The number of benzene rings is 2. The first-order valence-electron chi connectivity index (χ1n) is 10.9. The lowest BCUT2D eigenvalue weighted by Gasteiger charge is -2.37. The Kier molecular flexibility index (Phi) is 6.62. The minimum atomic E-state index is -0.316. The number of likely N-dealkylation sites (tertiary alicyclic amines) is 1. The van der Waals surface area contributed by atoms with Gasteiger partial charge >= 0.3 is 0 Å². The van der Waals surface area contributed by atoms with Crippen molar-refractivity contribution in [2.24, 2.45) is 5.92 Å². The van der Waals surface area contributed by atoms with Gasteiger partial charge in [0.15, 0.2) is 0 Å². The van der Waals surface area contributed by atoms with Gasteiger partial charge in [-0.3, -0.25) is 9.69 Å². The molecule has 4 rings (SSSR count). The molecular weight excluding hydrogens is 384 g/mol. The molecule has 0 bridgehead atoms. The number of carbonyl (C=O) groups is 1. The Hall–Kier alpha value is -2.47. The zero-order valence-electron chi connectivity index (χ0n) is 17.3. The Morgan fingerprint density at radius 1 is 0.800 bits per heavy atom. The summed E-state index contributed by atoms with van der Waals surface area (Å²) >= 11 is 0. The highest BCUT2D eigenvalue weighted by atomic mass is 19.1. The van der Waals surface area contributed by atoms with Crippen molar-refractivity contribution in [2.45, 2.75) is 19.3 Å². The number of piperidine rings is 1. The number of piperazine rings is 1. The van der Waals surface area contributed by atoms with Crippen molar-refractivity contribution >= 4 is 11.6 Å². The highest BCUT2D eigenvalue weighted by Gasteiger charge is 2.25. The second-order valence-electron chi connectivity index (χ2n) is 8.34. The third kappa shape index (κ3) is 5.17. The number of halogens is 2. The summed E-state index contributed by atoms with van der Waals surface area (Å²) in [5, 5.41) is 0. The molecule has 2 saturated heterocycles. The zero-order valence-corrected chi connectivity index (χ0v) is 17.3. The van der Waals surface area contributed by atoms with E-state index in [4.69, 9.17) is 0 Å². The number of hydrogen-bond acceptors (Lipinski definition) is 3. The Morgan fingerprint density at radius 2 is 1.37 bits per heavy atom. The van der Waals surface area contributed by atoms with Crippen molar-refractivity contribution in [3.05, 3.63) is 65.7 Å². The van der Waals surface area contributed by atoms with Crippen molar-refractivity contribution in [3.8, 4) is 0 Å². The van der Waals surface area contributed by atoms with E-state index in [-0.39, 0.29) is 17.5 Å². The summed E-state index contributed by atoms with van der Waals surface area (Å²) in [5.74, 6) is 0.148. The molecule has 6 heteroatoms. The number of carbonyl (C=O) groups excluding carboxylic acids is 1. The smallest absolute Gasteiger partial charge is 0.253 e. The molecule has 2 heterocycles. The molecule has 0 aliphatic carbocycles. The van der Waals surface area contributed by atoms with E-state index < -0.39 is 0 Å². The number of rotatable bonds is 5. The largest absolute Gasteiger partial charge is 0.369 e. The minimum Gasteiger partial charge on any atom is -0.369 e. The monoisotopic (exact) mass is 413 g/mol. The molecule has 0 unspecified atom stereocenters. The molecule has 2 aromatic rings. The maximum atomic E-state index is 13.1. The third-order valence-electron chi connectivity index (χ3n) is 6.41. The van der Waals surface area contributed by atoms with Crippen LogP contribution in [0.5, 0.6) is 0 Å². The molecule has 0 aromatic heterocycles. The molecule has 2 fully saturated rings. The number of anilines is 1. The van der Waals surface area contributed by atoms with Crippen molar-refractivity contribution in [1.82, 2.24) is 9.80 Å². The normalized spacial score (nSPS) is 18.6. The van der Waals surface area contributed by atoms with Gasteiger partial charge in [0, 0.05) is 50.5 Å². The maximum Gasteiger partial charge on any atom is 0.253 e. The molecule has 1 amide bonds. The predicted molar refractivity (Wildman–Crippen MR) is 115 cm³/mol. The molecular formula is C24H29F2N3O. The van der Waals surface area contributed by atoms with Gasteiger partial charge in [0.25, 0.3) is 5.91 Å². The van der Waals surface area contributed by atoms with Crippen LogP contribution in [0, 0.1) is 17.6 Å². The maximum absolute atomic E-state index is 13.1. The van der Waals surface area contributed by atoms with Gasteiger partial charge in [-0.2, -0.15) is 0 Å². The average molecular weight is 414 g/mol. The minimum absolute atomic E-state index is 0.00497. The number of nitrogens with zero attached hydrogens (tertiary/aromatic N) is 3. The summed E-state index contributed by atoms with van der Waals surface area (Å²) < 4.78 is 26.2. The van der Waals surface area contributed by atoms with E-state index in [9.17, 15) is 13.6 Å². The van der Waals surface area contributed by atoms with E-state index in [0.717, 1.165) is 70.8 Å². The highest BCUT2D eigenvalue weighted by Crippen LogP contribution is 2.23. The standard InChI is InChI=1S/C24H29F2N3O/c25-21-3-1-20(2-4-21)24(30)29-13-10-19(11-14-29)9-12-27-15-17-28(18-16-27)23-7-5-22(26)6-8-23/h1-8,19H,9-18H2. The van der Waals surface area contributed by atoms with Crippen LogP contribution in [0.4, 0.5) is 14.5 Å². The van der Waals surface area contributed by atoms with E-state index in [1.807, 2.05) is 17.0 Å². The van der Waals surface area contributed by atoms with E-state index in [1.165, 1.54) is 24.3 Å². The summed E-state index contributed by atoms with van der Waals surface area (Å²) in [6, 6.07) is 12.6. The first-order chi connectivity index (χ1) is 14.6.